The van der Waals surface area contributed by atoms with Gasteiger partial charge in [0.25, 0.3) is 5.91 Å². The highest BCUT2D eigenvalue weighted by atomic mass is 32.1. The second kappa shape index (κ2) is 7.91. The largest absolute Gasteiger partial charge is 0.472 e. The Balaban J connectivity index is 1.35. The lowest BCUT2D eigenvalue weighted by molar-refractivity contribution is -0.117. The standard InChI is InChI=1S/C19H17FN4O3S/c20-13-2-1-3-14(8-13)21-17(25)10-24-6-4-15-16(9-24)28-19(22-15)23-18(26)12-5-7-27-11-12/h1-3,5,7-8,11H,4,6,9-10H2,(H,21,25)(H,22,23,26). The average molecular weight is 400 g/mol. The highest BCUT2D eigenvalue weighted by Crippen LogP contribution is 2.28. The number of rotatable bonds is 5. The molecule has 0 unspecified atom stereocenters. The van der Waals surface area contributed by atoms with Gasteiger partial charge in [-0.1, -0.05) is 6.07 Å². The maximum absolute atomic E-state index is 13.2. The number of aromatic nitrogens is 1. The van der Waals surface area contributed by atoms with Gasteiger partial charge in [0.05, 0.1) is 24.1 Å². The molecule has 3 aromatic rings. The minimum atomic E-state index is -0.393. The number of hydrogen-bond donors (Lipinski definition) is 2. The first-order valence-corrected chi connectivity index (χ1v) is 9.48. The van der Waals surface area contributed by atoms with Gasteiger partial charge in [-0.25, -0.2) is 9.37 Å². The Morgan fingerprint density at radius 1 is 1.29 bits per heavy atom. The van der Waals surface area contributed by atoms with Crippen molar-refractivity contribution >= 4 is 34.0 Å². The molecule has 0 spiro atoms. The van der Waals surface area contributed by atoms with E-state index in [9.17, 15) is 14.0 Å². The molecule has 0 aliphatic carbocycles. The number of furan rings is 1. The zero-order valence-electron chi connectivity index (χ0n) is 14.8. The van der Waals surface area contributed by atoms with Gasteiger partial charge in [-0.3, -0.25) is 19.8 Å². The first-order valence-electron chi connectivity index (χ1n) is 8.67. The number of carbonyl (C=O) groups is 2. The van der Waals surface area contributed by atoms with Gasteiger partial charge in [0.15, 0.2) is 5.13 Å². The minimum absolute atomic E-state index is 0.199. The number of fused-ring (bicyclic) bond motifs is 1. The molecule has 0 saturated carbocycles. The van der Waals surface area contributed by atoms with Gasteiger partial charge in [-0.2, -0.15) is 0 Å². The van der Waals surface area contributed by atoms with Crippen molar-refractivity contribution in [1.29, 1.82) is 0 Å². The van der Waals surface area contributed by atoms with Gasteiger partial charge >= 0.3 is 0 Å². The van der Waals surface area contributed by atoms with E-state index in [0.717, 1.165) is 10.6 Å². The van der Waals surface area contributed by atoms with E-state index < -0.39 is 5.82 Å². The van der Waals surface area contributed by atoms with Crippen LogP contribution in [0.1, 0.15) is 20.9 Å². The third-order valence-electron chi connectivity index (χ3n) is 4.29. The Kier molecular flexibility index (Phi) is 5.18. The summed E-state index contributed by atoms with van der Waals surface area (Å²) >= 11 is 1.40. The smallest absolute Gasteiger partial charge is 0.260 e. The maximum Gasteiger partial charge on any atom is 0.260 e. The average Bonchev–Trinajstić information content (AvgIpc) is 3.30. The molecule has 4 rings (SSSR count). The van der Waals surface area contributed by atoms with Crippen LogP contribution in [0.25, 0.3) is 0 Å². The molecule has 3 heterocycles. The van der Waals surface area contributed by atoms with E-state index in [1.807, 2.05) is 4.90 Å². The fourth-order valence-corrected chi connectivity index (χ4v) is 4.02. The van der Waals surface area contributed by atoms with Gasteiger partial charge < -0.3 is 9.73 Å². The van der Waals surface area contributed by atoms with Crippen LogP contribution in [-0.4, -0.2) is 34.8 Å². The fourth-order valence-electron chi connectivity index (χ4n) is 2.97. The minimum Gasteiger partial charge on any atom is -0.472 e. The molecule has 0 atom stereocenters. The second-order valence-electron chi connectivity index (χ2n) is 6.37. The van der Waals surface area contributed by atoms with Gasteiger partial charge in [0.2, 0.25) is 5.91 Å². The monoisotopic (exact) mass is 400 g/mol. The van der Waals surface area contributed by atoms with Crippen molar-refractivity contribution in [2.24, 2.45) is 0 Å². The lowest BCUT2D eigenvalue weighted by atomic mass is 10.2. The molecule has 1 aliphatic rings. The van der Waals surface area contributed by atoms with Crippen LogP contribution in [0.15, 0.2) is 47.3 Å². The number of amides is 2. The molecular weight excluding hydrogens is 383 g/mol. The number of thiazole rings is 1. The summed E-state index contributed by atoms with van der Waals surface area (Å²) in [6, 6.07) is 7.39. The molecule has 0 fully saturated rings. The van der Waals surface area contributed by atoms with Gasteiger partial charge in [0.1, 0.15) is 12.1 Å². The third-order valence-corrected chi connectivity index (χ3v) is 5.29. The summed E-state index contributed by atoms with van der Waals surface area (Å²) in [7, 11) is 0. The number of nitrogens with zero attached hydrogens (tertiary/aromatic N) is 2. The van der Waals surface area contributed by atoms with Gasteiger partial charge in [-0.15, -0.1) is 11.3 Å². The molecule has 2 amide bonds. The predicted molar refractivity (Wildman–Crippen MR) is 103 cm³/mol. The molecule has 0 radical (unpaired) electrons. The molecule has 144 valence electrons. The number of hydrogen-bond acceptors (Lipinski definition) is 6. The summed E-state index contributed by atoms with van der Waals surface area (Å²) in [5, 5.41) is 6.00. The lowest BCUT2D eigenvalue weighted by Gasteiger charge is -2.25. The summed E-state index contributed by atoms with van der Waals surface area (Å²) in [5.74, 6) is -0.867. The predicted octanol–water partition coefficient (Wildman–Crippen LogP) is 3.12. The fraction of sp³-hybridized carbons (Fsp3) is 0.211. The molecule has 2 N–H and O–H groups in total. The third kappa shape index (κ3) is 4.26. The number of carbonyl (C=O) groups excluding carboxylic acids is 2. The maximum atomic E-state index is 13.2. The van der Waals surface area contributed by atoms with Crippen LogP contribution in [0.2, 0.25) is 0 Å². The Bertz CT molecular complexity index is 1000. The summed E-state index contributed by atoms with van der Waals surface area (Å²) < 4.78 is 18.1. The first kappa shape index (κ1) is 18.3. The number of anilines is 2. The van der Waals surface area contributed by atoms with Crippen molar-refractivity contribution in [2.45, 2.75) is 13.0 Å². The normalized spacial score (nSPS) is 13.8. The van der Waals surface area contributed by atoms with Crippen LogP contribution in [0.4, 0.5) is 15.2 Å². The van der Waals surface area contributed by atoms with Crippen LogP contribution >= 0.6 is 11.3 Å². The van der Waals surface area contributed by atoms with E-state index in [-0.39, 0.29) is 18.4 Å². The highest BCUT2D eigenvalue weighted by Gasteiger charge is 2.23. The Labute approximate surface area is 164 Å². The van der Waals surface area contributed by atoms with Crippen LogP contribution < -0.4 is 10.6 Å². The van der Waals surface area contributed by atoms with Crippen molar-refractivity contribution in [3.8, 4) is 0 Å². The topological polar surface area (TPSA) is 87.5 Å². The van der Waals surface area contributed by atoms with Crippen molar-refractivity contribution < 1.29 is 18.4 Å². The molecule has 28 heavy (non-hydrogen) atoms. The molecule has 2 aromatic heterocycles. The SMILES string of the molecule is O=C(CN1CCc2nc(NC(=O)c3ccoc3)sc2C1)Nc1cccc(F)c1. The van der Waals surface area contributed by atoms with E-state index in [0.29, 0.717) is 35.9 Å². The van der Waals surface area contributed by atoms with Gasteiger partial charge in [-0.05, 0) is 24.3 Å². The van der Waals surface area contributed by atoms with Crippen LogP contribution in [-0.2, 0) is 17.8 Å². The number of halogens is 1. The molecule has 0 saturated heterocycles. The summed E-state index contributed by atoms with van der Waals surface area (Å²) in [4.78, 5) is 31.8. The molecule has 1 aromatic carbocycles. The Morgan fingerprint density at radius 3 is 2.96 bits per heavy atom. The van der Waals surface area contributed by atoms with E-state index in [1.165, 1.54) is 36.0 Å². The molecule has 1 aliphatic heterocycles. The van der Waals surface area contributed by atoms with Crippen molar-refractivity contribution in [3.05, 3.63) is 64.8 Å². The van der Waals surface area contributed by atoms with Crippen LogP contribution in [0.3, 0.4) is 0 Å². The summed E-state index contributed by atoms with van der Waals surface area (Å²) in [6.45, 7) is 1.46. The molecule has 0 bridgehead atoms. The second-order valence-corrected chi connectivity index (χ2v) is 7.46. The molecular formula is C19H17FN4O3S. The van der Waals surface area contributed by atoms with Crippen molar-refractivity contribution in [2.75, 3.05) is 23.7 Å². The van der Waals surface area contributed by atoms with E-state index in [1.54, 1.807) is 18.2 Å². The molecule has 7 nitrogen and oxygen atoms in total. The van der Waals surface area contributed by atoms with Gasteiger partial charge in [0, 0.05) is 30.1 Å². The van der Waals surface area contributed by atoms with Crippen LogP contribution in [0, 0.1) is 5.82 Å². The Morgan fingerprint density at radius 2 is 2.18 bits per heavy atom. The first-order chi connectivity index (χ1) is 13.6. The van der Waals surface area contributed by atoms with E-state index >= 15 is 0 Å². The van der Waals surface area contributed by atoms with Crippen LogP contribution in [0.5, 0.6) is 0 Å². The number of nitrogens with one attached hydrogen (secondary N) is 2. The highest BCUT2D eigenvalue weighted by molar-refractivity contribution is 7.15. The van der Waals surface area contributed by atoms with E-state index in [4.69, 9.17) is 4.42 Å². The van der Waals surface area contributed by atoms with Crippen molar-refractivity contribution in [1.82, 2.24) is 9.88 Å². The zero-order chi connectivity index (χ0) is 19.5. The lowest BCUT2D eigenvalue weighted by Crippen LogP contribution is -2.36. The quantitative estimate of drug-likeness (QED) is 0.687. The van der Waals surface area contributed by atoms with Crippen molar-refractivity contribution in [3.63, 3.8) is 0 Å². The zero-order valence-corrected chi connectivity index (χ0v) is 15.6. The summed E-state index contributed by atoms with van der Waals surface area (Å²) in [5.41, 5.74) is 1.81. The van der Waals surface area contributed by atoms with E-state index in [2.05, 4.69) is 15.6 Å². The Hall–Kier alpha value is -3.04. The number of benzene rings is 1. The summed E-state index contributed by atoms with van der Waals surface area (Å²) in [6.07, 6.45) is 3.51. The molecule has 9 heteroatoms.